The second-order valence-corrected chi connectivity index (χ2v) is 7.18. The SMILES string of the molecule is FC(F)(F)C1(c2nc(-c3n[nH]c(C4CC4)n3)no2)CCN(c2ccccn2)C1. The third-order valence-corrected chi connectivity index (χ3v) is 5.29. The summed E-state index contributed by atoms with van der Waals surface area (Å²) in [7, 11) is 0. The average molecular weight is 391 g/mol. The highest BCUT2D eigenvalue weighted by Crippen LogP contribution is 2.48. The molecule has 1 saturated heterocycles. The molecule has 2 aliphatic rings. The predicted molar refractivity (Wildman–Crippen MR) is 90.4 cm³/mol. The molecule has 1 atom stereocenters. The average Bonchev–Trinajstić information content (AvgIpc) is 3.12. The van der Waals surface area contributed by atoms with Gasteiger partial charge in [0.2, 0.25) is 17.5 Å². The van der Waals surface area contributed by atoms with Gasteiger partial charge in [0.1, 0.15) is 11.6 Å². The van der Waals surface area contributed by atoms with Crippen LogP contribution in [0.4, 0.5) is 19.0 Å². The number of nitrogens with zero attached hydrogens (tertiary/aromatic N) is 6. The molecule has 0 aromatic carbocycles. The van der Waals surface area contributed by atoms with Crippen LogP contribution in [0.15, 0.2) is 28.9 Å². The zero-order valence-corrected chi connectivity index (χ0v) is 14.6. The second kappa shape index (κ2) is 6.01. The van der Waals surface area contributed by atoms with Crippen LogP contribution in [0.5, 0.6) is 0 Å². The number of H-pyrrole nitrogens is 1. The van der Waals surface area contributed by atoms with Gasteiger partial charge < -0.3 is 9.42 Å². The Balaban J connectivity index is 1.47. The largest absolute Gasteiger partial charge is 0.405 e. The lowest BCUT2D eigenvalue weighted by Gasteiger charge is -2.28. The monoisotopic (exact) mass is 391 g/mol. The molecule has 0 amide bonds. The molecule has 1 unspecified atom stereocenters. The van der Waals surface area contributed by atoms with Gasteiger partial charge in [-0.1, -0.05) is 11.2 Å². The summed E-state index contributed by atoms with van der Waals surface area (Å²) in [6, 6.07) is 5.13. The standard InChI is InChI=1S/C17H16F3N7O/c18-17(19,20)16(6-8-27(9-16)11-3-1-2-7-21-11)15-23-14(26-28-15)13-22-12(24-25-13)10-4-5-10/h1-3,7,10H,4-6,8-9H2,(H,22,24,25). The van der Waals surface area contributed by atoms with Crippen molar-refractivity contribution in [2.75, 3.05) is 18.0 Å². The highest BCUT2D eigenvalue weighted by molar-refractivity contribution is 5.45. The maximum absolute atomic E-state index is 14.1. The second-order valence-electron chi connectivity index (χ2n) is 7.18. The van der Waals surface area contributed by atoms with Crippen LogP contribution in [0, 0.1) is 0 Å². The van der Waals surface area contributed by atoms with Crippen LogP contribution in [0.25, 0.3) is 11.6 Å². The minimum atomic E-state index is -4.56. The van der Waals surface area contributed by atoms with Crippen molar-refractivity contribution < 1.29 is 17.7 Å². The number of halogens is 3. The maximum atomic E-state index is 14.1. The van der Waals surface area contributed by atoms with Crippen molar-refractivity contribution in [3.05, 3.63) is 36.1 Å². The summed E-state index contributed by atoms with van der Waals surface area (Å²) in [6.07, 6.45) is -1.16. The fourth-order valence-electron chi connectivity index (χ4n) is 3.50. The number of nitrogens with one attached hydrogen (secondary N) is 1. The van der Waals surface area contributed by atoms with Crippen LogP contribution in [-0.4, -0.2) is 49.6 Å². The number of pyridine rings is 1. The third-order valence-electron chi connectivity index (χ3n) is 5.29. The first kappa shape index (κ1) is 17.1. The molecule has 146 valence electrons. The number of anilines is 1. The Morgan fingerprint density at radius 3 is 2.75 bits per heavy atom. The third kappa shape index (κ3) is 2.72. The van der Waals surface area contributed by atoms with Crippen molar-refractivity contribution in [1.29, 1.82) is 0 Å². The lowest BCUT2D eigenvalue weighted by molar-refractivity contribution is -0.191. The molecule has 5 rings (SSSR count). The van der Waals surface area contributed by atoms with E-state index < -0.39 is 17.5 Å². The van der Waals surface area contributed by atoms with Crippen molar-refractivity contribution in [2.45, 2.75) is 36.8 Å². The molecule has 4 heterocycles. The molecule has 11 heteroatoms. The van der Waals surface area contributed by atoms with E-state index in [2.05, 4.69) is 30.3 Å². The Morgan fingerprint density at radius 2 is 2.04 bits per heavy atom. The molecule has 1 N–H and O–H groups in total. The molecule has 0 spiro atoms. The first-order chi connectivity index (χ1) is 13.5. The number of hydrogen-bond acceptors (Lipinski definition) is 7. The van der Waals surface area contributed by atoms with Gasteiger partial charge >= 0.3 is 6.18 Å². The van der Waals surface area contributed by atoms with Gasteiger partial charge in [0.05, 0.1) is 0 Å². The first-order valence-electron chi connectivity index (χ1n) is 8.96. The molecule has 3 aromatic heterocycles. The highest BCUT2D eigenvalue weighted by atomic mass is 19.4. The number of alkyl halides is 3. The van der Waals surface area contributed by atoms with E-state index in [0.29, 0.717) is 17.6 Å². The minimum Gasteiger partial charge on any atom is -0.355 e. The summed E-state index contributed by atoms with van der Waals surface area (Å²) in [4.78, 5) is 14.0. The van der Waals surface area contributed by atoms with Crippen LogP contribution >= 0.6 is 0 Å². The van der Waals surface area contributed by atoms with Crippen LogP contribution in [-0.2, 0) is 5.41 Å². The highest BCUT2D eigenvalue weighted by Gasteiger charge is 2.63. The van der Waals surface area contributed by atoms with Gasteiger partial charge in [-0.25, -0.2) is 9.97 Å². The van der Waals surface area contributed by atoms with Crippen LogP contribution in [0.1, 0.15) is 36.9 Å². The number of aromatic nitrogens is 6. The summed E-state index contributed by atoms with van der Waals surface area (Å²) in [5.74, 6) is 1.15. The molecule has 2 fully saturated rings. The van der Waals surface area contributed by atoms with E-state index in [9.17, 15) is 13.2 Å². The van der Waals surface area contributed by atoms with Gasteiger partial charge in [0.15, 0.2) is 5.41 Å². The van der Waals surface area contributed by atoms with E-state index in [1.165, 1.54) is 0 Å². The summed E-state index contributed by atoms with van der Waals surface area (Å²) in [6.45, 7) is -0.156. The van der Waals surface area contributed by atoms with Crippen molar-refractivity contribution in [2.24, 2.45) is 0 Å². The van der Waals surface area contributed by atoms with Gasteiger partial charge in [0.25, 0.3) is 0 Å². The lowest BCUT2D eigenvalue weighted by Crippen LogP contribution is -2.45. The Morgan fingerprint density at radius 1 is 1.18 bits per heavy atom. The number of hydrogen-bond donors (Lipinski definition) is 1. The fourth-order valence-corrected chi connectivity index (χ4v) is 3.50. The molecule has 1 aliphatic heterocycles. The topological polar surface area (TPSA) is 96.6 Å². The summed E-state index contributed by atoms with van der Waals surface area (Å²) >= 11 is 0. The van der Waals surface area contributed by atoms with Crippen molar-refractivity contribution >= 4 is 5.82 Å². The van der Waals surface area contributed by atoms with Crippen LogP contribution in [0.2, 0.25) is 0 Å². The van der Waals surface area contributed by atoms with Gasteiger partial charge in [0, 0.05) is 25.2 Å². The molecular formula is C17H16F3N7O. The Kier molecular flexibility index (Phi) is 3.68. The Bertz CT molecular complexity index is 982. The Labute approximate surface area is 157 Å². The Hall–Kier alpha value is -2.98. The minimum absolute atomic E-state index is 0.0435. The van der Waals surface area contributed by atoms with Crippen molar-refractivity contribution in [1.82, 2.24) is 30.3 Å². The van der Waals surface area contributed by atoms with E-state index in [-0.39, 0.29) is 31.2 Å². The fraction of sp³-hybridized carbons (Fsp3) is 0.471. The predicted octanol–water partition coefficient (Wildman–Crippen LogP) is 2.84. The molecule has 3 aromatic rings. The van der Waals surface area contributed by atoms with Gasteiger partial charge in [-0.3, -0.25) is 5.10 Å². The van der Waals surface area contributed by atoms with E-state index in [4.69, 9.17) is 4.52 Å². The molecular weight excluding hydrogens is 375 g/mol. The smallest absolute Gasteiger partial charge is 0.355 e. The molecule has 8 nitrogen and oxygen atoms in total. The lowest BCUT2D eigenvalue weighted by atomic mass is 9.86. The van der Waals surface area contributed by atoms with E-state index in [1.807, 2.05) is 0 Å². The van der Waals surface area contributed by atoms with E-state index in [1.54, 1.807) is 29.3 Å². The van der Waals surface area contributed by atoms with Crippen molar-refractivity contribution in [3.8, 4) is 11.6 Å². The first-order valence-corrected chi connectivity index (χ1v) is 8.96. The summed E-state index contributed by atoms with van der Waals surface area (Å²) < 4.78 is 47.4. The molecule has 1 aliphatic carbocycles. The van der Waals surface area contributed by atoms with Gasteiger partial charge in [-0.15, -0.1) is 5.10 Å². The molecule has 28 heavy (non-hydrogen) atoms. The summed E-state index contributed by atoms with van der Waals surface area (Å²) in [5.41, 5.74) is -2.26. The number of rotatable bonds is 4. The maximum Gasteiger partial charge on any atom is 0.405 e. The van der Waals surface area contributed by atoms with E-state index >= 15 is 0 Å². The van der Waals surface area contributed by atoms with Crippen LogP contribution in [0.3, 0.4) is 0 Å². The zero-order valence-electron chi connectivity index (χ0n) is 14.6. The summed E-state index contributed by atoms with van der Waals surface area (Å²) in [5, 5.41) is 10.5. The van der Waals surface area contributed by atoms with Gasteiger partial charge in [-0.2, -0.15) is 18.2 Å². The quantitative estimate of drug-likeness (QED) is 0.730. The zero-order chi connectivity index (χ0) is 19.4. The van der Waals surface area contributed by atoms with E-state index in [0.717, 1.165) is 12.8 Å². The van der Waals surface area contributed by atoms with Crippen molar-refractivity contribution in [3.63, 3.8) is 0 Å². The van der Waals surface area contributed by atoms with Crippen LogP contribution < -0.4 is 4.90 Å². The normalized spacial score (nSPS) is 22.8. The molecule has 0 radical (unpaired) electrons. The molecule has 1 saturated carbocycles. The molecule has 0 bridgehead atoms. The van der Waals surface area contributed by atoms with Gasteiger partial charge in [-0.05, 0) is 31.4 Å². The number of aromatic amines is 1.